The smallest absolute Gasteiger partial charge is 0.257 e. The number of ether oxygens (including phenoxy) is 1. The van der Waals surface area contributed by atoms with Crippen LogP contribution in [0.3, 0.4) is 0 Å². The number of hydrogen-bond donors (Lipinski definition) is 0. The molecule has 3 aromatic heterocycles. The van der Waals surface area contributed by atoms with Crippen LogP contribution in [-0.2, 0) is 4.74 Å². The van der Waals surface area contributed by atoms with Crippen molar-refractivity contribution in [2.24, 2.45) is 0 Å². The SMILES string of the molecule is CC(Sc1nnc(N2CCOCC2)n1-c1cccc(F)c1)c1nnc(-c2cccs2)o1. The van der Waals surface area contributed by atoms with Crippen LogP contribution in [0, 0.1) is 5.82 Å². The molecule has 11 heteroatoms. The van der Waals surface area contributed by atoms with Crippen LogP contribution in [0.15, 0.2) is 51.4 Å². The lowest BCUT2D eigenvalue weighted by atomic mass is 10.3. The highest BCUT2D eigenvalue weighted by molar-refractivity contribution is 7.99. The third-order valence-electron chi connectivity index (χ3n) is 4.78. The quantitative estimate of drug-likeness (QED) is 0.398. The number of halogens is 1. The van der Waals surface area contributed by atoms with Crippen LogP contribution in [-0.4, -0.2) is 51.3 Å². The Hall–Kier alpha value is -2.76. The third kappa shape index (κ3) is 4.21. The first kappa shape index (κ1) is 20.2. The van der Waals surface area contributed by atoms with Gasteiger partial charge in [0, 0.05) is 13.1 Å². The number of benzene rings is 1. The molecule has 0 aliphatic carbocycles. The van der Waals surface area contributed by atoms with Crippen LogP contribution in [0.25, 0.3) is 16.5 Å². The minimum Gasteiger partial charge on any atom is -0.419 e. The van der Waals surface area contributed by atoms with Crippen molar-refractivity contribution < 1.29 is 13.5 Å². The molecular formula is C20H19FN6O2S2. The van der Waals surface area contributed by atoms with Crippen LogP contribution in [0.1, 0.15) is 18.1 Å². The summed E-state index contributed by atoms with van der Waals surface area (Å²) in [5.41, 5.74) is 0.658. The number of hydrogen-bond acceptors (Lipinski definition) is 9. The zero-order chi connectivity index (χ0) is 21.2. The van der Waals surface area contributed by atoms with Gasteiger partial charge in [-0.1, -0.05) is 23.9 Å². The second-order valence-electron chi connectivity index (χ2n) is 6.88. The van der Waals surface area contributed by atoms with Gasteiger partial charge in [-0.15, -0.1) is 31.7 Å². The zero-order valence-electron chi connectivity index (χ0n) is 16.6. The zero-order valence-corrected chi connectivity index (χ0v) is 18.3. The van der Waals surface area contributed by atoms with Crippen LogP contribution in [0.4, 0.5) is 10.3 Å². The first-order chi connectivity index (χ1) is 15.2. The number of thiophene rings is 1. The maximum atomic E-state index is 14.0. The number of thioether (sulfide) groups is 1. The molecule has 0 bridgehead atoms. The van der Waals surface area contributed by atoms with Crippen molar-refractivity contribution in [1.82, 2.24) is 25.0 Å². The number of nitrogens with zero attached hydrogens (tertiary/aromatic N) is 6. The Labute approximate surface area is 186 Å². The average Bonchev–Trinajstić information content (AvgIpc) is 3.54. The molecule has 1 saturated heterocycles. The van der Waals surface area contributed by atoms with Gasteiger partial charge < -0.3 is 14.1 Å². The first-order valence-electron chi connectivity index (χ1n) is 9.77. The summed E-state index contributed by atoms with van der Waals surface area (Å²) in [6.45, 7) is 4.59. The standard InChI is InChI=1S/C20H19FN6O2S2/c1-13(17-22-23-18(29-17)16-6-3-11-30-16)31-20-25-24-19(26-7-9-28-10-8-26)27(20)15-5-2-4-14(21)12-15/h2-6,11-13H,7-10H2,1H3. The van der Waals surface area contributed by atoms with Crippen molar-refractivity contribution >= 4 is 29.0 Å². The molecule has 0 radical (unpaired) electrons. The number of rotatable bonds is 6. The maximum Gasteiger partial charge on any atom is 0.257 e. The molecule has 1 aliphatic rings. The lowest BCUT2D eigenvalue weighted by Gasteiger charge is -2.28. The average molecular weight is 459 g/mol. The molecule has 5 rings (SSSR count). The van der Waals surface area contributed by atoms with Gasteiger partial charge in [0.15, 0.2) is 5.16 Å². The fraction of sp³-hybridized carbons (Fsp3) is 0.300. The van der Waals surface area contributed by atoms with E-state index in [4.69, 9.17) is 9.15 Å². The van der Waals surface area contributed by atoms with E-state index in [1.807, 2.05) is 35.1 Å². The highest BCUT2D eigenvalue weighted by Crippen LogP contribution is 2.37. The van der Waals surface area contributed by atoms with Crippen LogP contribution in [0.2, 0.25) is 0 Å². The van der Waals surface area contributed by atoms with E-state index in [0.29, 0.717) is 54.9 Å². The Morgan fingerprint density at radius 3 is 2.74 bits per heavy atom. The second-order valence-corrected chi connectivity index (χ2v) is 9.14. The van der Waals surface area contributed by atoms with Crippen molar-refractivity contribution in [1.29, 1.82) is 0 Å². The van der Waals surface area contributed by atoms with Crippen molar-refractivity contribution in [3.8, 4) is 16.5 Å². The van der Waals surface area contributed by atoms with E-state index in [1.54, 1.807) is 17.4 Å². The minimum absolute atomic E-state index is 0.171. The first-order valence-corrected chi connectivity index (χ1v) is 11.5. The minimum atomic E-state index is -0.319. The fourth-order valence-corrected chi connectivity index (χ4v) is 4.79. The summed E-state index contributed by atoms with van der Waals surface area (Å²) in [7, 11) is 0. The van der Waals surface area contributed by atoms with Gasteiger partial charge >= 0.3 is 0 Å². The van der Waals surface area contributed by atoms with E-state index < -0.39 is 0 Å². The van der Waals surface area contributed by atoms with Gasteiger partial charge in [-0.25, -0.2) is 4.39 Å². The van der Waals surface area contributed by atoms with Crippen LogP contribution >= 0.6 is 23.1 Å². The molecule has 160 valence electrons. The molecule has 0 N–H and O–H groups in total. The molecule has 1 aromatic carbocycles. The highest BCUT2D eigenvalue weighted by atomic mass is 32.2. The Balaban J connectivity index is 1.46. The van der Waals surface area contributed by atoms with Crippen molar-refractivity contribution in [2.75, 3.05) is 31.2 Å². The summed E-state index contributed by atoms with van der Waals surface area (Å²) in [5.74, 6) is 1.34. The van der Waals surface area contributed by atoms with Gasteiger partial charge in [-0.2, -0.15) is 0 Å². The van der Waals surface area contributed by atoms with Crippen molar-refractivity contribution in [3.05, 3.63) is 53.5 Å². The van der Waals surface area contributed by atoms with Gasteiger partial charge in [0.25, 0.3) is 5.89 Å². The van der Waals surface area contributed by atoms with Crippen molar-refractivity contribution in [2.45, 2.75) is 17.3 Å². The second kappa shape index (κ2) is 8.77. The molecule has 8 nitrogen and oxygen atoms in total. The summed E-state index contributed by atoms with van der Waals surface area (Å²) in [4.78, 5) is 3.02. The summed E-state index contributed by atoms with van der Waals surface area (Å²) in [6, 6.07) is 10.3. The predicted molar refractivity (Wildman–Crippen MR) is 116 cm³/mol. The van der Waals surface area contributed by atoms with Gasteiger partial charge in [0.1, 0.15) is 5.82 Å². The lowest BCUT2D eigenvalue weighted by Crippen LogP contribution is -2.37. The van der Waals surface area contributed by atoms with Crippen molar-refractivity contribution in [3.63, 3.8) is 0 Å². The van der Waals surface area contributed by atoms with Crippen LogP contribution < -0.4 is 4.90 Å². The van der Waals surface area contributed by atoms with E-state index in [2.05, 4.69) is 25.3 Å². The number of morpholine rings is 1. The molecule has 0 saturated carbocycles. The number of anilines is 1. The molecule has 1 unspecified atom stereocenters. The van der Waals surface area contributed by atoms with Crippen LogP contribution in [0.5, 0.6) is 0 Å². The van der Waals surface area contributed by atoms with E-state index in [0.717, 1.165) is 4.88 Å². The molecule has 1 fully saturated rings. The number of aromatic nitrogens is 5. The summed E-state index contributed by atoms with van der Waals surface area (Å²) in [6.07, 6.45) is 0. The molecular weight excluding hydrogens is 439 g/mol. The molecule has 4 aromatic rings. The lowest BCUT2D eigenvalue weighted by molar-refractivity contribution is 0.122. The topological polar surface area (TPSA) is 82.1 Å². The highest BCUT2D eigenvalue weighted by Gasteiger charge is 2.25. The summed E-state index contributed by atoms with van der Waals surface area (Å²) >= 11 is 2.98. The van der Waals surface area contributed by atoms with Gasteiger partial charge in [-0.05, 0) is 36.6 Å². The Morgan fingerprint density at radius 2 is 1.97 bits per heavy atom. The van der Waals surface area contributed by atoms with Gasteiger partial charge in [0.2, 0.25) is 11.8 Å². The molecule has 1 aliphatic heterocycles. The molecule has 31 heavy (non-hydrogen) atoms. The van der Waals surface area contributed by atoms with E-state index in [9.17, 15) is 4.39 Å². The summed E-state index contributed by atoms with van der Waals surface area (Å²) in [5, 5.41) is 19.6. The maximum absolute atomic E-state index is 14.0. The fourth-order valence-electron chi connectivity index (χ4n) is 3.26. The van der Waals surface area contributed by atoms with Gasteiger partial charge in [0.05, 0.1) is 29.0 Å². The van der Waals surface area contributed by atoms with Gasteiger partial charge in [-0.3, -0.25) is 4.57 Å². The van der Waals surface area contributed by atoms with E-state index in [1.165, 1.54) is 23.9 Å². The Bertz CT molecular complexity index is 1160. The normalized spacial score (nSPS) is 15.4. The van der Waals surface area contributed by atoms with E-state index in [-0.39, 0.29) is 11.1 Å². The third-order valence-corrected chi connectivity index (χ3v) is 6.67. The molecule has 0 spiro atoms. The molecule has 1 atom stereocenters. The predicted octanol–water partition coefficient (Wildman–Crippen LogP) is 4.21. The Morgan fingerprint density at radius 1 is 1.10 bits per heavy atom. The summed E-state index contributed by atoms with van der Waals surface area (Å²) < 4.78 is 27.2. The molecule has 0 amide bonds. The largest absolute Gasteiger partial charge is 0.419 e. The molecule has 4 heterocycles. The van der Waals surface area contributed by atoms with E-state index >= 15 is 0 Å². The monoisotopic (exact) mass is 458 g/mol. The Kier molecular flexibility index (Phi) is 5.70.